The number of methoxy groups -OCH3 is 1. The van der Waals surface area contributed by atoms with Crippen LogP contribution in [0, 0.1) is 0 Å². The molecule has 0 aliphatic rings. The number of Topliss-reactive ketones (excluding diaryl/α,β-unsaturated/α-hetero) is 1. The topological polar surface area (TPSA) is 122 Å². The lowest BCUT2D eigenvalue weighted by Crippen LogP contribution is -2.27. The zero-order valence-corrected chi connectivity index (χ0v) is 17.8. The molecule has 158 valence electrons. The Kier molecular flexibility index (Phi) is 8.14. The van der Waals surface area contributed by atoms with E-state index < -0.39 is 24.3 Å². The normalized spacial score (nSPS) is 12.9. The van der Waals surface area contributed by atoms with Gasteiger partial charge in [0.05, 0.1) is 0 Å². The Bertz CT molecular complexity index is 956. The lowest BCUT2D eigenvalue weighted by Gasteiger charge is -2.25. The van der Waals surface area contributed by atoms with Gasteiger partial charge in [0.25, 0.3) is 0 Å². The molecule has 0 aromatic heterocycles. The van der Waals surface area contributed by atoms with E-state index in [4.69, 9.17) is 14.6 Å². The van der Waals surface area contributed by atoms with Crippen LogP contribution in [0.15, 0.2) is 59.1 Å². The number of nitrogens with one attached hydrogen (secondary N) is 1. The van der Waals surface area contributed by atoms with Gasteiger partial charge in [-0.25, -0.2) is 9.59 Å². The van der Waals surface area contributed by atoms with Gasteiger partial charge in [0, 0.05) is 34.5 Å². The number of phenols is 1. The van der Waals surface area contributed by atoms with Gasteiger partial charge >= 0.3 is 12.1 Å². The molecule has 3 N–H and O–H groups in total. The summed E-state index contributed by atoms with van der Waals surface area (Å²) in [5.74, 6) is -1.47. The zero-order chi connectivity index (χ0) is 22.3. The minimum Gasteiger partial charge on any atom is -0.508 e. The first kappa shape index (κ1) is 23.1. The van der Waals surface area contributed by atoms with E-state index in [0.717, 1.165) is 6.08 Å². The Morgan fingerprint density at radius 3 is 2.37 bits per heavy atom. The van der Waals surface area contributed by atoms with Crippen molar-refractivity contribution in [2.45, 2.75) is 19.1 Å². The number of carboxylic acid groups (broad SMARTS) is 1. The molecule has 0 bridgehead atoms. The Hall–Kier alpha value is -3.17. The number of aliphatic carboxylic acids is 1. The molecule has 2 aromatic carbocycles. The number of anilines is 1. The third-order valence-corrected chi connectivity index (χ3v) is 4.56. The predicted molar refractivity (Wildman–Crippen MR) is 113 cm³/mol. The third kappa shape index (κ3) is 6.43. The van der Waals surface area contributed by atoms with Crippen LogP contribution in [0.1, 0.15) is 28.9 Å². The van der Waals surface area contributed by atoms with E-state index in [1.54, 1.807) is 30.3 Å². The molecule has 0 aliphatic carbocycles. The molecule has 2 aromatic rings. The van der Waals surface area contributed by atoms with Crippen LogP contribution < -0.4 is 5.32 Å². The predicted octanol–water partition coefficient (Wildman–Crippen LogP) is 4.30. The van der Waals surface area contributed by atoms with E-state index in [0.29, 0.717) is 15.7 Å². The number of hydrogen-bond donors (Lipinski definition) is 3. The van der Waals surface area contributed by atoms with E-state index in [1.165, 1.54) is 32.2 Å². The summed E-state index contributed by atoms with van der Waals surface area (Å²) >= 11 is 3.29. The minimum atomic E-state index is -1.20. The van der Waals surface area contributed by atoms with Crippen molar-refractivity contribution >= 4 is 39.5 Å². The molecular formula is C21H20BrNO7. The molecule has 0 aliphatic heterocycles. The monoisotopic (exact) mass is 477 g/mol. The number of hydrogen-bond acceptors (Lipinski definition) is 6. The van der Waals surface area contributed by atoms with E-state index >= 15 is 0 Å². The first-order chi connectivity index (χ1) is 14.2. The van der Waals surface area contributed by atoms with E-state index in [2.05, 4.69) is 21.2 Å². The maximum atomic E-state index is 12.5. The molecular weight excluding hydrogens is 458 g/mol. The van der Waals surface area contributed by atoms with Crippen molar-refractivity contribution in [3.05, 3.63) is 70.2 Å². The number of ketones is 1. The van der Waals surface area contributed by atoms with Crippen molar-refractivity contribution in [2.24, 2.45) is 0 Å². The standard InChI is InChI=1S/C21H20BrNO7/c1-12(24)13-3-6-15(7-4-13)23-21(28)30-20(18(29-2)9-10-19(26)27)16-11-14(22)5-8-17(16)25/h3-11,18,20,25H,1-2H3,(H,23,28)(H,26,27)/b10-9+/t18-,20-/m1/s1. The summed E-state index contributed by atoms with van der Waals surface area (Å²) in [5, 5.41) is 21.7. The smallest absolute Gasteiger partial charge is 0.412 e. The number of carbonyl (C=O) groups excluding carboxylic acids is 2. The summed E-state index contributed by atoms with van der Waals surface area (Å²) < 4.78 is 11.4. The molecule has 30 heavy (non-hydrogen) atoms. The van der Waals surface area contributed by atoms with Crippen LogP contribution in [-0.4, -0.2) is 41.3 Å². The number of amides is 1. The average molecular weight is 478 g/mol. The molecule has 0 spiro atoms. The summed E-state index contributed by atoms with van der Waals surface area (Å²) in [6, 6.07) is 10.7. The summed E-state index contributed by atoms with van der Waals surface area (Å²) in [6.45, 7) is 1.43. The molecule has 0 saturated carbocycles. The van der Waals surface area contributed by atoms with Crippen LogP contribution in [-0.2, 0) is 14.3 Å². The van der Waals surface area contributed by atoms with Gasteiger partial charge in [-0.05, 0) is 55.5 Å². The molecule has 9 heteroatoms. The highest BCUT2D eigenvalue weighted by Gasteiger charge is 2.28. The highest BCUT2D eigenvalue weighted by atomic mass is 79.9. The van der Waals surface area contributed by atoms with Crippen LogP contribution in [0.25, 0.3) is 0 Å². The number of rotatable bonds is 8. The van der Waals surface area contributed by atoms with Gasteiger partial charge in [-0.1, -0.05) is 15.9 Å². The van der Waals surface area contributed by atoms with Crippen molar-refractivity contribution in [3.63, 3.8) is 0 Å². The van der Waals surface area contributed by atoms with Gasteiger partial charge in [0.1, 0.15) is 11.9 Å². The van der Waals surface area contributed by atoms with Gasteiger partial charge in [0.15, 0.2) is 11.9 Å². The number of benzene rings is 2. The van der Waals surface area contributed by atoms with Gasteiger partial charge in [0.2, 0.25) is 0 Å². The molecule has 2 rings (SSSR count). The fraction of sp³-hybridized carbons (Fsp3) is 0.190. The Labute approximate surface area is 181 Å². The van der Waals surface area contributed by atoms with E-state index in [-0.39, 0.29) is 17.1 Å². The number of phenolic OH excluding ortho intramolecular Hbond substituents is 1. The molecule has 2 atom stereocenters. The Morgan fingerprint density at radius 1 is 1.13 bits per heavy atom. The number of aromatic hydroxyl groups is 1. The second-order valence-corrected chi connectivity index (χ2v) is 7.10. The van der Waals surface area contributed by atoms with Crippen LogP contribution >= 0.6 is 15.9 Å². The lowest BCUT2D eigenvalue weighted by atomic mass is 10.0. The van der Waals surface area contributed by atoms with Crippen molar-refractivity contribution in [1.29, 1.82) is 0 Å². The fourth-order valence-electron chi connectivity index (χ4n) is 2.59. The van der Waals surface area contributed by atoms with Crippen molar-refractivity contribution in [1.82, 2.24) is 0 Å². The van der Waals surface area contributed by atoms with Crippen LogP contribution in [0.5, 0.6) is 5.75 Å². The van der Waals surface area contributed by atoms with Crippen molar-refractivity contribution < 1.29 is 34.1 Å². The Balaban J connectivity index is 2.29. The third-order valence-electron chi connectivity index (χ3n) is 4.07. The summed E-state index contributed by atoms with van der Waals surface area (Å²) in [5.41, 5.74) is 1.09. The summed E-state index contributed by atoms with van der Waals surface area (Å²) in [6.07, 6.45) is -0.937. The second-order valence-electron chi connectivity index (χ2n) is 6.19. The highest BCUT2D eigenvalue weighted by Crippen LogP contribution is 2.34. The van der Waals surface area contributed by atoms with Gasteiger partial charge in [-0.2, -0.15) is 0 Å². The molecule has 1 amide bonds. The number of ether oxygens (including phenoxy) is 2. The van der Waals surface area contributed by atoms with Gasteiger partial charge in [-0.15, -0.1) is 0 Å². The molecule has 0 fully saturated rings. The van der Waals surface area contributed by atoms with Crippen LogP contribution in [0.4, 0.5) is 10.5 Å². The van der Waals surface area contributed by atoms with Crippen LogP contribution in [0.3, 0.4) is 0 Å². The molecule has 8 nitrogen and oxygen atoms in total. The molecule has 0 heterocycles. The van der Waals surface area contributed by atoms with Crippen LogP contribution in [0.2, 0.25) is 0 Å². The first-order valence-corrected chi connectivity index (χ1v) is 9.51. The number of carbonyl (C=O) groups is 3. The fourth-order valence-corrected chi connectivity index (χ4v) is 2.97. The lowest BCUT2D eigenvalue weighted by molar-refractivity contribution is -0.131. The SMILES string of the molecule is CO[C@H](/C=C/C(=O)O)[C@H](OC(=O)Nc1ccc(C(C)=O)cc1)c1cc(Br)ccc1O. The van der Waals surface area contributed by atoms with Crippen molar-refractivity contribution in [3.8, 4) is 5.75 Å². The van der Waals surface area contributed by atoms with Gasteiger partial charge in [-0.3, -0.25) is 10.1 Å². The number of halogens is 1. The minimum absolute atomic E-state index is 0.109. The molecule has 0 unspecified atom stereocenters. The maximum absolute atomic E-state index is 12.5. The largest absolute Gasteiger partial charge is 0.508 e. The molecule has 0 radical (unpaired) electrons. The quantitative estimate of drug-likeness (QED) is 0.382. The zero-order valence-electron chi connectivity index (χ0n) is 16.2. The van der Waals surface area contributed by atoms with E-state index in [9.17, 15) is 19.5 Å². The van der Waals surface area contributed by atoms with Crippen molar-refractivity contribution in [2.75, 3.05) is 12.4 Å². The Morgan fingerprint density at radius 2 is 1.80 bits per heavy atom. The van der Waals surface area contributed by atoms with E-state index in [1.807, 2.05) is 0 Å². The molecule has 0 saturated heterocycles. The average Bonchev–Trinajstić information content (AvgIpc) is 2.69. The van der Waals surface area contributed by atoms with Gasteiger partial charge < -0.3 is 19.7 Å². The highest BCUT2D eigenvalue weighted by molar-refractivity contribution is 9.10. The first-order valence-electron chi connectivity index (χ1n) is 8.72. The second kappa shape index (κ2) is 10.6. The summed E-state index contributed by atoms with van der Waals surface area (Å²) in [7, 11) is 1.32. The maximum Gasteiger partial charge on any atom is 0.412 e. The summed E-state index contributed by atoms with van der Waals surface area (Å²) in [4.78, 5) is 34.7. The number of carboxylic acids is 1.